The van der Waals surface area contributed by atoms with Crippen LogP contribution in [0.3, 0.4) is 0 Å². The summed E-state index contributed by atoms with van der Waals surface area (Å²) in [7, 11) is -3.13. The summed E-state index contributed by atoms with van der Waals surface area (Å²) < 4.78 is 27.0. The smallest absolute Gasteiger partial charge is 0.212 e. The van der Waals surface area contributed by atoms with Crippen LogP contribution in [0.5, 0.6) is 0 Å². The number of thioether (sulfide) groups is 1. The molecule has 0 aromatic rings. The van der Waals surface area contributed by atoms with Crippen molar-refractivity contribution < 1.29 is 8.42 Å². The van der Waals surface area contributed by atoms with Crippen LogP contribution in [0.1, 0.15) is 19.3 Å². The Bertz CT molecular complexity index is 371. The molecule has 1 heterocycles. The summed E-state index contributed by atoms with van der Waals surface area (Å²) in [6.45, 7) is 5.06. The van der Waals surface area contributed by atoms with Crippen molar-refractivity contribution in [2.45, 2.75) is 24.0 Å². The van der Waals surface area contributed by atoms with Crippen LogP contribution in [0.2, 0.25) is 0 Å². The Morgan fingerprint density at radius 2 is 2.00 bits per heavy atom. The Morgan fingerprint density at radius 3 is 2.53 bits per heavy atom. The van der Waals surface area contributed by atoms with Crippen LogP contribution in [-0.4, -0.2) is 69.3 Å². The minimum Gasteiger partial charge on any atom is -0.314 e. The van der Waals surface area contributed by atoms with E-state index < -0.39 is 10.0 Å². The van der Waals surface area contributed by atoms with Gasteiger partial charge in [0, 0.05) is 44.0 Å². The van der Waals surface area contributed by atoms with E-state index in [4.69, 9.17) is 0 Å². The molecule has 7 heteroatoms. The van der Waals surface area contributed by atoms with Crippen LogP contribution in [0.4, 0.5) is 0 Å². The van der Waals surface area contributed by atoms with Gasteiger partial charge in [-0.05, 0) is 19.1 Å². The second kappa shape index (κ2) is 6.76. The average Bonchev–Trinajstić information content (AvgIpc) is 2.37. The molecule has 1 aliphatic heterocycles. The molecule has 5 nitrogen and oxygen atoms in total. The first-order valence-electron chi connectivity index (χ1n) is 7.01. The molecule has 2 rings (SSSR count). The van der Waals surface area contributed by atoms with Crippen LogP contribution < -0.4 is 10.0 Å². The molecule has 0 amide bonds. The van der Waals surface area contributed by atoms with Crippen molar-refractivity contribution in [3.05, 3.63) is 0 Å². The molecule has 0 atom stereocenters. The summed E-state index contributed by atoms with van der Waals surface area (Å²) >= 11 is 1.80. The molecule has 1 saturated carbocycles. The van der Waals surface area contributed by atoms with Gasteiger partial charge in [-0.1, -0.05) is 6.42 Å². The largest absolute Gasteiger partial charge is 0.314 e. The maximum absolute atomic E-state index is 12.0. The number of hydrogen-bond acceptors (Lipinski definition) is 5. The highest BCUT2D eigenvalue weighted by Crippen LogP contribution is 2.42. The lowest BCUT2D eigenvalue weighted by Crippen LogP contribution is -2.48. The Hall–Kier alpha value is 0.180. The Morgan fingerprint density at radius 1 is 1.32 bits per heavy atom. The summed E-state index contributed by atoms with van der Waals surface area (Å²) in [6.07, 6.45) is 5.57. The van der Waals surface area contributed by atoms with Crippen LogP contribution in [0, 0.1) is 0 Å². The highest BCUT2D eigenvalue weighted by Gasteiger charge is 2.36. The zero-order chi connectivity index (χ0) is 13.8. The summed E-state index contributed by atoms with van der Waals surface area (Å²) in [5.74, 6) is 0.220. The first-order valence-corrected chi connectivity index (χ1v) is 9.89. The fourth-order valence-corrected chi connectivity index (χ4v) is 4.67. The molecular weight excluding hydrogens is 282 g/mol. The minimum atomic E-state index is -3.13. The van der Waals surface area contributed by atoms with Gasteiger partial charge in [-0.25, -0.2) is 13.1 Å². The van der Waals surface area contributed by atoms with Crippen molar-refractivity contribution in [3.63, 3.8) is 0 Å². The van der Waals surface area contributed by atoms with E-state index in [9.17, 15) is 8.42 Å². The lowest BCUT2D eigenvalue weighted by Gasteiger charge is -2.40. The van der Waals surface area contributed by atoms with Gasteiger partial charge in [0.15, 0.2) is 0 Å². The first kappa shape index (κ1) is 15.6. The van der Waals surface area contributed by atoms with Gasteiger partial charge in [0.1, 0.15) is 0 Å². The van der Waals surface area contributed by atoms with Crippen molar-refractivity contribution in [2.24, 2.45) is 0 Å². The van der Waals surface area contributed by atoms with Gasteiger partial charge in [-0.2, -0.15) is 11.8 Å². The van der Waals surface area contributed by atoms with Gasteiger partial charge in [0.2, 0.25) is 10.0 Å². The summed E-state index contributed by atoms with van der Waals surface area (Å²) in [6, 6.07) is 0. The lowest BCUT2D eigenvalue weighted by atomic mass is 9.84. The van der Waals surface area contributed by atoms with E-state index in [1.54, 1.807) is 11.8 Å². The SMILES string of the molecule is CSC1(CNS(=O)(=O)CCN2CCNCC2)CCC1. The zero-order valence-electron chi connectivity index (χ0n) is 11.7. The third kappa shape index (κ3) is 4.60. The van der Waals surface area contributed by atoms with E-state index in [1.807, 2.05) is 0 Å². The number of hydrogen-bond donors (Lipinski definition) is 2. The molecule has 2 N–H and O–H groups in total. The van der Waals surface area contributed by atoms with Crippen molar-refractivity contribution in [3.8, 4) is 0 Å². The summed E-state index contributed by atoms with van der Waals surface area (Å²) in [5.41, 5.74) is 0. The molecule has 0 aromatic heterocycles. The quantitative estimate of drug-likeness (QED) is 0.698. The Balaban J connectivity index is 1.72. The maximum Gasteiger partial charge on any atom is 0.212 e. The monoisotopic (exact) mass is 307 g/mol. The maximum atomic E-state index is 12.0. The highest BCUT2D eigenvalue weighted by atomic mass is 32.2. The van der Waals surface area contributed by atoms with E-state index in [1.165, 1.54) is 6.42 Å². The second-order valence-electron chi connectivity index (χ2n) is 5.47. The lowest BCUT2D eigenvalue weighted by molar-refractivity contribution is 0.253. The number of nitrogens with one attached hydrogen (secondary N) is 2. The molecule has 2 aliphatic rings. The predicted molar refractivity (Wildman–Crippen MR) is 81.2 cm³/mol. The number of rotatable bonds is 7. The molecule has 0 unspecified atom stereocenters. The van der Waals surface area contributed by atoms with Gasteiger partial charge in [-0.3, -0.25) is 4.90 Å². The van der Waals surface area contributed by atoms with Crippen LogP contribution >= 0.6 is 11.8 Å². The molecule has 0 aromatic carbocycles. The van der Waals surface area contributed by atoms with Crippen molar-refractivity contribution in [2.75, 3.05) is 51.3 Å². The van der Waals surface area contributed by atoms with Crippen LogP contribution in [0.15, 0.2) is 0 Å². The van der Waals surface area contributed by atoms with Crippen LogP contribution in [0.25, 0.3) is 0 Å². The second-order valence-corrected chi connectivity index (χ2v) is 8.67. The first-order chi connectivity index (χ1) is 9.05. The van der Waals surface area contributed by atoms with Gasteiger partial charge in [0.25, 0.3) is 0 Å². The Kier molecular flexibility index (Phi) is 5.54. The number of nitrogens with zero attached hydrogens (tertiary/aromatic N) is 1. The summed E-state index contributed by atoms with van der Waals surface area (Å²) in [4.78, 5) is 2.21. The predicted octanol–water partition coefficient (Wildman–Crippen LogP) is 0.0967. The molecular formula is C12H25N3O2S2. The molecule has 1 saturated heterocycles. The minimum absolute atomic E-state index is 0.169. The molecule has 19 heavy (non-hydrogen) atoms. The van der Waals surface area contributed by atoms with E-state index in [0.29, 0.717) is 13.1 Å². The van der Waals surface area contributed by atoms with Crippen molar-refractivity contribution >= 4 is 21.8 Å². The fourth-order valence-electron chi connectivity index (χ4n) is 2.52. The topological polar surface area (TPSA) is 61.4 Å². The van der Waals surface area contributed by atoms with Crippen molar-refractivity contribution in [1.82, 2.24) is 14.9 Å². The normalized spacial score (nSPS) is 24.1. The number of piperazine rings is 1. The zero-order valence-corrected chi connectivity index (χ0v) is 13.3. The van der Waals surface area contributed by atoms with E-state index in [-0.39, 0.29) is 10.5 Å². The van der Waals surface area contributed by atoms with E-state index >= 15 is 0 Å². The van der Waals surface area contributed by atoms with Gasteiger partial charge < -0.3 is 5.32 Å². The highest BCUT2D eigenvalue weighted by molar-refractivity contribution is 8.00. The molecule has 1 aliphatic carbocycles. The van der Waals surface area contributed by atoms with Crippen LogP contribution in [-0.2, 0) is 10.0 Å². The molecule has 2 fully saturated rings. The molecule has 0 radical (unpaired) electrons. The fraction of sp³-hybridized carbons (Fsp3) is 1.00. The number of sulfonamides is 1. The van der Waals surface area contributed by atoms with E-state index in [2.05, 4.69) is 21.2 Å². The van der Waals surface area contributed by atoms with Gasteiger partial charge in [0.05, 0.1) is 5.75 Å². The van der Waals surface area contributed by atoms with Gasteiger partial charge in [-0.15, -0.1) is 0 Å². The third-order valence-corrected chi connectivity index (χ3v) is 6.92. The average molecular weight is 307 g/mol. The Labute approximate surface area is 120 Å². The summed E-state index contributed by atoms with van der Waals surface area (Å²) in [5, 5.41) is 3.27. The molecule has 112 valence electrons. The van der Waals surface area contributed by atoms with E-state index in [0.717, 1.165) is 39.0 Å². The van der Waals surface area contributed by atoms with Gasteiger partial charge >= 0.3 is 0 Å². The molecule has 0 spiro atoms. The van der Waals surface area contributed by atoms with Crippen molar-refractivity contribution in [1.29, 1.82) is 0 Å². The molecule has 0 bridgehead atoms. The third-order valence-electron chi connectivity index (χ3n) is 4.20. The standard InChI is InChI=1S/C12H25N3O2S2/c1-18-12(3-2-4-12)11-14-19(16,17)10-9-15-7-5-13-6-8-15/h13-14H,2-11H2,1H3.